The monoisotopic (exact) mass is 335 g/mol. The fourth-order valence-corrected chi connectivity index (χ4v) is 5.08. The van der Waals surface area contributed by atoms with Crippen molar-refractivity contribution in [1.29, 1.82) is 0 Å². The lowest BCUT2D eigenvalue weighted by atomic mass is 9.71. The van der Waals surface area contributed by atoms with Gasteiger partial charge in [-0.1, -0.05) is 67.9 Å². The van der Waals surface area contributed by atoms with Gasteiger partial charge in [0.05, 0.1) is 5.60 Å². The van der Waals surface area contributed by atoms with Crippen LogP contribution in [-0.2, 0) is 18.6 Å². The van der Waals surface area contributed by atoms with E-state index in [2.05, 4.69) is 66.4 Å². The summed E-state index contributed by atoms with van der Waals surface area (Å²) < 4.78 is 0. The minimum atomic E-state index is -0.657. The van der Waals surface area contributed by atoms with Crippen LogP contribution in [0, 0.1) is 0 Å². The number of fused-ring (bicyclic) bond motifs is 2. The molecule has 2 aliphatic rings. The Morgan fingerprint density at radius 3 is 2.28 bits per heavy atom. The van der Waals surface area contributed by atoms with E-state index in [1.165, 1.54) is 36.0 Å². The molecule has 132 valence electrons. The van der Waals surface area contributed by atoms with Crippen molar-refractivity contribution >= 4 is 0 Å². The average Bonchev–Trinajstić information content (AvgIpc) is 2.63. The van der Waals surface area contributed by atoms with E-state index in [0.717, 1.165) is 25.8 Å². The normalized spacial score (nSPS) is 29.5. The first-order chi connectivity index (χ1) is 12.2. The van der Waals surface area contributed by atoms with E-state index >= 15 is 0 Å². The Hall–Kier alpha value is -1.64. The average molecular weight is 335 g/mol. The third-order valence-corrected chi connectivity index (χ3v) is 6.27. The fraction of sp³-hybridized carbons (Fsp3) is 0.478. The van der Waals surface area contributed by atoms with E-state index in [0.29, 0.717) is 12.1 Å². The van der Waals surface area contributed by atoms with Gasteiger partial charge in [0.2, 0.25) is 0 Å². The number of hydrogen-bond donors (Lipinski definition) is 1. The van der Waals surface area contributed by atoms with Crippen molar-refractivity contribution in [3.8, 4) is 0 Å². The molecule has 0 spiro atoms. The number of rotatable bonds is 4. The van der Waals surface area contributed by atoms with Crippen LogP contribution in [0.3, 0.4) is 0 Å². The summed E-state index contributed by atoms with van der Waals surface area (Å²) in [6.07, 6.45) is 6.44. The van der Waals surface area contributed by atoms with E-state index in [1.807, 2.05) is 0 Å². The standard InChI is InChI=1S/C23H29NO/c1-2-19-11-6-7-14-22(19)23(25)15-20-12-8-13-21(16-23)24(20)17-18-9-4-3-5-10-18/h3-7,9-11,14,20-21,25H,2,8,12-13,15-17H2,1H3. The van der Waals surface area contributed by atoms with Gasteiger partial charge in [0.25, 0.3) is 0 Å². The highest BCUT2D eigenvalue weighted by atomic mass is 16.3. The molecule has 0 saturated carbocycles. The van der Waals surface area contributed by atoms with Crippen molar-refractivity contribution in [2.45, 2.75) is 69.7 Å². The largest absolute Gasteiger partial charge is 0.385 e. The molecule has 2 heteroatoms. The molecule has 0 aromatic heterocycles. The third-order valence-electron chi connectivity index (χ3n) is 6.27. The number of aliphatic hydroxyl groups is 1. The van der Waals surface area contributed by atoms with Gasteiger partial charge in [-0.15, -0.1) is 0 Å². The summed E-state index contributed by atoms with van der Waals surface area (Å²) in [5.74, 6) is 0. The van der Waals surface area contributed by atoms with Gasteiger partial charge >= 0.3 is 0 Å². The Morgan fingerprint density at radius 1 is 0.960 bits per heavy atom. The molecule has 2 atom stereocenters. The van der Waals surface area contributed by atoms with Crippen LogP contribution < -0.4 is 0 Å². The molecule has 2 nitrogen and oxygen atoms in total. The number of benzene rings is 2. The van der Waals surface area contributed by atoms with Gasteiger partial charge in [0.15, 0.2) is 0 Å². The van der Waals surface area contributed by atoms with Gasteiger partial charge in [-0.3, -0.25) is 4.90 Å². The van der Waals surface area contributed by atoms with Crippen molar-refractivity contribution in [2.24, 2.45) is 0 Å². The maximum absolute atomic E-state index is 11.6. The minimum Gasteiger partial charge on any atom is -0.385 e. The smallest absolute Gasteiger partial charge is 0.0929 e. The summed E-state index contributed by atoms with van der Waals surface area (Å²) in [5.41, 5.74) is 3.21. The summed E-state index contributed by atoms with van der Waals surface area (Å²) >= 11 is 0. The molecule has 4 rings (SSSR count). The lowest BCUT2D eigenvalue weighted by Crippen LogP contribution is -2.56. The van der Waals surface area contributed by atoms with Gasteiger partial charge in [-0.2, -0.15) is 0 Å². The molecule has 2 saturated heterocycles. The summed E-state index contributed by atoms with van der Waals surface area (Å²) in [6, 6.07) is 20.3. The molecular formula is C23H29NO. The molecule has 2 aromatic rings. The van der Waals surface area contributed by atoms with Crippen molar-refractivity contribution in [1.82, 2.24) is 4.90 Å². The highest BCUT2D eigenvalue weighted by Crippen LogP contribution is 2.45. The predicted octanol–water partition coefficient (Wildman–Crippen LogP) is 4.65. The summed E-state index contributed by atoms with van der Waals surface area (Å²) in [5, 5.41) is 11.6. The summed E-state index contributed by atoms with van der Waals surface area (Å²) in [7, 11) is 0. The van der Waals surface area contributed by atoms with Gasteiger partial charge < -0.3 is 5.11 Å². The van der Waals surface area contributed by atoms with Crippen LogP contribution in [0.2, 0.25) is 0 Å². The first-order valence-corrected chi connectivity index (χ1v) is 9.80. The van der Waals surface area contributed by atoms with Crippen molar-refractivity contribution in [2.75, 3.05) is 0 Å². The first kappa shape index (κ1) is 16.8. The second-order valence-corrected chi connectivity index (χ2v) is 7.85. The van der Waals surface area contributed by atoms with Gasteiger partial charge in [-0.25, -0.2) is 0 Å². The third kappa shape index (κ3) is 3.26. The Bertz CT molecular complexity index is 697. The lowest BCUT2D eigenvalue weighted by molar-refractivity contribution is -0.100. The molecule has 0 amide bonds. The highest BCUT2D eigenvalue weighted by molar-refractivity contribution is 5.34. The second-order valence-electron chi connectivity index (χ2n) is 7.85. The molecule has 2 unspecified atom stereocenters. The van der Waals surface area contributed by atoms with Gasteiger partial charge in [0.1, 0.15) is 0 Å². The second kappa shape index (κ2) is 6.93. The SMILES string of the molecule is CCc1ccccc1C1(O)CC2CCCC(C1)N2Cc1ccccc1. The topological polar surface area (TPSA) is 23.5 Å². The summed E-state index contributed by atoms with van der Waals surface area (Å²) in [6.45, 7) is 3.20. The zero-order valence-corrected chi connectivity index (χ0v) is 15.2. The molecular weight excluding hydrogens is 306 g/mol. The minimum absolute atomic E-state index is 0.489. The zero-order valence-electron chi connectivity index (χ0n) is 15.2. The van der Waals surface area contributed by atoms with Crippen molar-refractivity contribution < 1.29 is 5.11 Å². The van der Waals surface area contributed by atoms with E-state index in [1.54, 1.807) is 0 Å². The van der Waals surface area contributed by atoms with Crippen LogP contribution in [-0.4, -0.2) is 22.1 Å². The molecule has 2 aromatic carbocycles. The molecule has 25 heavy (non-hydrogen) atoms. The molecule has 1 N–H and O–H groups in total. The highest BCUT2D eigenvalue weighted by Gasteiger charge is 2.46. The fourth-order valence-electron chi connectivity index (χ4n) is 5.08. The zero-order chi connectivity index (χ0) is 17.3. The van der Waals surface area contributed by atoms with Crippen molar-refractivity contribution in [3.63, 3.8) is 0 Å². The molecule has 2 heterocycles. The maximum Gasteiger partial charge on any atom is 0.0929 e. The number of nitrogens with zero attached hydrogens (tertiary/aromatic N) is 1. The molecule has 0 radical (unpaired) electrons. The number of aryl methyl sites for hydroxylation is 1. The Kier molecular flexibility index (Phi) is 4.66. The van der Waals surface area contributed by atoms with E-state index in [4.69, 9.17) is 0 Å². The Morgan fingerprint density at radius 2 is 1.60 bits per heavy atom. The molecule has 2 aliphatic heterocycles. The Balaban J connectivity index is 1.60. The quantitative estimate of drug-likeness (QED) is 0.879. The lowest BCUT2D eigenvalue weighted by Gasteiger charge is -2.52. The molecule has 2 fully saturated rings. The van der Waals surface area contributed by atoms with Crippen molar-refractivity contribution in [3.05, 3.63) is 71.3 Å². The predicted molar refractivity (Wildman–Crippen MR) is 102 cm³/mol. The van der Waals surface area contributed by atoms with Crippen LogP contribution >= 0.6 is 0 Å². The number of hydrogen-bond acceptors (Lipinski definition) is 2. The number of piperidine rings is 2. The Labute approximate surface area is 151 Å². The van der Waals surface area contributed by atoms with Crippen LogP contribution in [0.4, 0.5) is 0 Å². The van der Waals surface area contributed by atoms with E-state index < -0.39 is 5.60 Å². The summed E-state index contributed by atoms with van der Waals surface area (Å²) in [4.78, 5) is 2.67. The van der Waals surface area contributed by atoms with Gasteiger partial charge in [-0.05, 0) is 48.8 Å². The van der Waals surface area contributed by atoms with Crippen LogP contribution in [0.15, 0.2) is 54.6 Å². The van der Waals surface area contributed by atoms with Crippen LogP contribution in [0.1, 0.15) is 55.7 Å². The first-order valence-electron chi connectivity index (χ1n) is 9.80. The van der Waals surface area contributed by atoms with Crippen LogP contribution in [0.5, 0.6) is 0 Å². The van der Waals surface area contributed by atoms with Gasteiger partial charge in [0, 0.05) is 18.6 Å². The maximum atomic E-state index is 11.6. The van der Waals surface area contributed by atoms with E-state index in [9.17, 15) is 5.11 Å². The van der Waals surface area contributed by atoms with Crippen LogP contribution in [0.25, 0.3) is 0 Å². The molecule has 0 aliphatic carbocycles. The molecule has 2 bridgehead atoms. The van der Waals surface area contributed by atoms with E-state index in [-0.39, 0.29) is 0 Å².